The SMILES string of the molecule is O=C(c1ccccc1)c1cc(O)cc(C(=O)c2ccccc2)c1O. The zero-order valence-electron chi connectivity index (χ0n) is 12.6. The van der Waals surface area contributed by atoms with Crippen LogP contribution in [0.1, 0.15) is 31.8 Å². The fourth-order valence-electron chi connectivity index (χ4n) is 2.46. The fourth-order valence-corrected chi connectivity index (χ4v) is 2.46. The van der Waals surface area contributed by atoms with E-state index in [-0.39, 0.29) is 16.9 Å². The Balaban J connectivity index is 2.09. The van der Waals surface area contributed by atoms with Gasteiger partial charge in [0.25, 0.3) is 0 Å². The van der Waals surface area contributed by atoms with Gasteiger partial charge in [0.2, 0.25) is 0 Å². The predicted molar refractivity (Wildman–Crippen MR) is 89.5 cm³/mol. The molecule has 0 saturated carbocycles. The number of aromatic hydroxyl groups is 2. The van der Waals surface area contributed by atoms with Crippen LogP contribution in [-0.2, 0) is 0 Å². The van der Waals surface area contributed by atoms with Crippen molar-refractivity contribution < 1.29 is 19.8 Å². The Morgan fingerprint density at radius 1 is 0.625 bits per heavy atom. The molecule has 0 saturated heterocycles. The van der Waals surface area contributed by atoms with E-state index in [1.807, 2.05) is 0 Å². The number of hydrogen-bond donors (Lipinski definition) is 2. The summed E-state index contributed by atoms with van der Waals surface area (Å²) < 4.78 is 0. The highest BCUT2D eigenvalue weighted by atomic mass is 16.3. The summed E-state index contributed by atoms with van der Waals surface area (Å²) in [5.74, 6) is -1.63. The van der Waals surface area contributed by atoms with Gasteiger partial charge in [0.15, 0.2) is 11.6 Å². The molecule has 0 aliphatic carbocycles. The topological polar surface area (TPSA) is 74.6 Å². The zero-order chi connectivity index (χ0) is 17.1. The average molecular weight is 318 g/mol. The molecule has 0 unspecified atom stereocenters. The van der Waals surface area contributed by atoms with E-state index >= 15 is 0 Å². The van der Waals surface area contributed by atoms with Crippen LogP contribution >= 0.6 is 0 Å². The van der Waals surface area contributed by atoms with E-state index in [0.29, 0.717) is 11.1 Å². The second-order valence-electron chi connectivity index (χ2n) is 5.28. The van der Waals surface area contributed by atoms with Gasteiger partial charge in [-0.3, -0.25) is 9.59 Å². The maximum absolute atomic E-state index is 12.5. The molecule has 4 heteroatoms. The molecule has 0 atom stereocenters. The minimum Gasteiger partial charge on any atom is -0.508 e. The molecule has 0 spiro atoms. The third kappa shape index (κ3) is 2.90. The number of benzene rings is 3. The Morgan fingerprint density at radius 3 is 1.38 bits per heavy atom. The molecule has 0 radical (unpaired) electrons. The standard InChI is InChI=1S/C20H14O4/c21-15-11-16(18(22)13-7-3-1-4-8-13)20(24)17(12-15)19(23)14-9-5-2-6-10-14/h1-12,21,24H. The summed E-state index contributed by atoms with van der Waals surface area (Å²) in [7, 11) is 0. The molecule has 118 valence electrons. The molecule has 24 heavy (non-hydrogen) atoms. The Bertz CT molecular complexity index is 827. The van der Waals surface area contributed by atoms with Crippen LogP contribution < -0.4 is 0 Å². The zero-order valence-corrected chi connectivity index (χ0v) is 12.6. The third-order valence-corrected chi connectivity index (χ3v) is 3.66. The third-order valence-electron chi connectivity index (χ3n) is 3.66. The largest absolute Gasteiger partial charge is 0.508 e. The summed E-state index contributed by atoms with van der Waals surface area (Å²) in [4.78, 5) is 25.1. The van der Waals surface area contributed by atoms with Crippen molar-refractivity contribution in [1.82, 2.24) is 0 Å². The minimum absolute atomic E-state index is 0.111. The fraction of sp³-hybridized carbons (Fsp3) is 0. The lowest BCUT2D eigenvalue weighted by Crippen LogP contribution is -2.07. The summed E-state index contributed by atoms with van der Waals surface area (Å²) in [5.41, 5.74) is 0.494. The highest BCUT2D eigenvalue weighted by Gasteiger charge is 2.22. The van der Waals surface area contributed by atoms with Gasteiger partial charge in [-0.15, -0.1) is 0 Å². The number of hydrogen-bond acceptors (Lipinski definition) is 4. The maximum atomic E-state index is 12.5. The predicted octanol–water partition coefficient (Wildman–Crippen LogP) is 3.56. The smallest absolute Gasteiger partial charge is 0.196 e. The number of phenolic OH excluding ortho intramolecular Hbond substituents is 2. The first-order valence-corrected chi connectivity index (χ1v) is 7.33. The lowest BCUT2D eigenvalue weighted by molar-refractivity contribution is 0.103. The van der Waals surface area contributed by atoms with Gasteiger partial charge in [-0.25, -0.2) is 0 Å². The summed E-state index contributed by atoms with van der Waals surface area (Å²) in [6, 6.07) is 19.0. The molecule has 3 aromatic carbocycles. The number of carbonyl (C=O) groups excluding carboxylic acids is 2. The van der Waals surface area contributed by atoms with Crippen LogP contribution in [0.15, 0.2) is 72.8 Å². The van der Waals surface area contributed by atoms with Crippen molar-refractivity contribution in [2.75, 3.05) is 0 Å². The second kappa shape index (κ2) is 6.38. The highest BCUT2D eigenvalue weighted by Crippen LogP contribution is 2.31. The normalized spacial score (nSPS) is 10.3. The molecular formula is C20H14O4. The minimum atomic E-state index is -0.467. The highest BCUT2D eigenvalue weighted by molar-refractivity contribution is 6.16. The molecule has 0 bridgehead atoms. The summed E-state index contributed by atoms with van der Waals surface area (Å²) in [5, 5.41) is 20.3. The summed E-state index contributed by atoms with van der Waals surface area (Å²) >= 11 is 0. The van der Waals surface area contributed by atoms with Crippen molar-refractivity contribution in [3.8, 4) is 11.5 Å². The Hall–Kier alpha value is -3.40. The van der Waals surface area contributed by atoms with Gasteiger partial charge in [0, 0.05) is 11.1 Å². The lowest BCUT2D eigenvalue weighted by atomic mass is 9.95. The van der Waals surface area contributed by atoms with Gasteiger partial charge in [0.05, 0.1) is 11.1 Å². The molecule has 0 heterocycles. The number of phenols is 2. The van der Waals surface area contributed by atoms with Crippen LogP contribution in [0.5, 0.6) is 11.5 Å². The van der Waals surface area contributed by atoms with Gasteiger partial charge < -0.3 is 10.2 Å². The molecule has 4 nitrogen and oxygen atoms in total. The first kappa shape index (κ1) is 15.5. The van der Waals surface area contributed by atoms with Crippen molar-refractivity contribution in [2.24, 2.45) is 0 Å². The van der Waals surface area contributed by atoms with Crippen molar-refractivity contribution in [1.29, 1.82) is 0 Å². The van der Waals surface area contributed by atoms with Crippen molar-refractivity contribution in [3.63, 3.8) is 0 Å². The summed E-state index contributed by atoms with van der Waals surface area (Å²) in [6.07, 6.45) is 0. The van der Waals surface area contributed by atoms with Gasteiger partial charge >= 0.3 is 0 Å². The molecule has 3 aromatic rings. The van der Waals surface area contributed by atoms with Crippen molar-refractivity contribution >= 4 is 11.6 Å². The second-order valence-corrected chi connectivity index (χ2v) is 5.28. The van der Waals surface area contributed by atoms with E-state index in [0.717, 1.165) is 12.1 Å². The molecule has 0 amide bonds. The number of rotatable bonds is 4. The van der Waals surface area contributed by atoms with Crippen LogP contribution in [0.3, 0.4) is 0 Å². The van der Waals surface area contributed by atoms with Gasteiger partial charge in [-0.1, -0.05) is 60.7 Å². The molecule has 3 rings (SSSR count). The Kier molecular flexibility index (Phi) is 4.12. The number of ketones is 2. The lowest BCUT2D eigenvalue weighted by Gasteiger charge is -2.10. The molecule has 0 aromatic heterocycles. The quantitative estimate of drug-likeness (QED) is 0.570. The van der Waals surface area contributed by atoms with Crippen molar-refractivity contribution in [3.05, 3.63) is 95.1 Å². The first-order chi connectivity index (χ1) is 11.6. The molecule has 0 aliphatic heterocycles. The van der Waals surface area contributed by atoms with Crippen LogP contribution in [0, 0.1) is 0 Å². The molecular weight excluding hydrogens is 304 g/mol. The van der Waals surface area contributed by atoms with Gasteiger partial charge in [-0.05, 0) is 12.1 Å². The maximum Gasteiger partial charge on any atom is 0.196 e. The number of carbonyl (C=O) groups is 2. The van der Waals surface area contributed by atoms with Gasteiger partial charge in [-0.2, -0.15) is 0 Å². The van der Waals surface area contributed by atoms with E-state index in [9.17, 15) is 19.8 Å². The van der Waals surface area contributed by atoms with Crippen molar-refractivity contribution in [2.45, 2.75) is 0 Å². The summed E-state index contributed by atoms with van der Waals surface area (Å²) in [6.45, 7) is 0. The van der Waals surface area contributed by atoms with E-state index < -0.39 is 17.3 Å². The van der Waals surface area contributed by atoms with Crippen LogP contribution in [0.4, 0.5) is 0 Å². The Morgan fingerprint density at radius 2 is 1.00 bits per heavy atom. The Labute approximate surface area is 138 Å². The van der Waals surface area contributed by atoms with Crippen LogP contribution in [-0.4, -0.2) is 21.8 Å². The monoisotopic (exact) mass is 318 g/mol. The van der Waals surface area contributed by atoms with E-state index in [1.54, 1.807) is 60.7 Å². The van der Waals surface area contributed by atoms with Gasteiger partial charge in [0.1, 0.15) is 11.5 Å². The van der Waals surface area contributed by atoms with E-state index in [2.05, 4.69) is 0 Å². The molecule has 0 aliphatic rings. The van der Waals surface area contributed by atoms with Crippen LogP contribution in [0.25, 0.3) is 0 Å². The van der Waals surface area contributed by atoms with E-state index in [4.69, 9.17) is 0 Å². The van der Waals surface area contributed by atoms with E-state index in [1.165, 1.54) is 0 Å². The molecule has 0 fully saturated rings. The first-order valence-electron chi connectivity index (χ1n) is 7.33. The van der Waals surface area contributed by atoms with Crippen LogP contribution in [0.2, 0.25) is 0 Å². The average Bonchev–Trinajstić information content (AvgIpc) is 2.63. The molecule has 2 N–H and O–H groups in total.